The Bertz CT molecular complexity index is 358. The molecule has 0 radical (unpaired) electrons. The summed E-state index contributed by atoms with van der Waals surface area (Å²) in [6.07, 6.45) is 3.85. The van der Waals surface area contributed by atoms with E-state index >= 15 is 0 Å². The number of piperidine rings is 1. The summed E-state index contributed by atoms with van der Waals surface area (Å²) in [5.74, 6) is 0.472. The van der Waals surface area contributed by atoms with Crippen molar-refractivity contribution in [2.24, 2.45) is 5.92 Å². The fraction of sp³-hybridized carbons (Fsp3) is 1.00. The maximum atomic E-state index is 12.2. The summed E-state index contributed by atoms with van der Waals surface area (Å²) in [4.78, 5) is 0. The van der Waals surface area contributed by atoms with Crippen molar-refractivity contribution in [3.05, 3.63) is 0 Å². The van der Waals surface area contributed by atoms with Crippen LogP contribution in [-0.2, 0) is 14.8 Å². The van der Waals surface area contributed by atoms with E-state index in [0.29, 0.717) is 6.61 Å². The van der Waals surface area contributed by atoms with Crippen LogP contribution in [0.4, 0.5) is 0 Å². The highest BCUT2D eigenvalue weighted by molar-refractivity contribution is 7.89. The maximum absolute atomic E-state index is 12.2. The minimum Gasteiger partial charge on any atom is -0.380 e. The second kappa shape index (κ2) is 5.86. The molecule has 2 aliphatic rings. The van der Waals surface area contributed by atoms with E-state index in [4.69, 9.17) is 4.74 Å². The maximum Gasteiger partial charge on any atom is 0.212 e. The standard InChI is InChI=1S/C12H24N2O3S/c1-12(5-3-7-17-10-12)14-18(15,16)9-11-4-2-6-13-8-11/h11,13-14H,2-10H2,1H3. The van der Waals surface area contributed by atoms with Crippen molar-refractivity contribution in [1.82, 2.24) is 10.0 Å². The summed E-state index contributed by atoms with van der Waals surface area (Å²) in [6.45, 7) is 4.98. The Balaban J connectivity index is 1.89. The molecule has 0 saturated carbocycles. The Hall–Kier alpha value is -0.170. The van der Waals surface area contributed by atoms with Gasteiger partial charge in [-0.3, -0.25) is 0 Å². The van der Waals surface area contributed by atoms with Crippen molar-refractivity contribution in [3.8, 4) is 0 Å². The Labute approximate surface area is 110 Å². The van der Waals surface area contributed by atoms with Crippen LogP contribution in [-0.4, -0.2) is 46.0 Å². The third-order valence-electron chi connectivity index (χ3n) is 3.69. The molecule has 0 bridgehead atoms. The van der Waals surface area contributed by atoms with Crippen LogP contribution in [0.1, 0.15) is 32.6 Å². The van der Waals surface area contributed by atoms with E-state index in [0.717, 1.165) is 45.4 Å². The van der Waals surface area contributed by atoms with E-state index < -0.39 is 15.6 Å². The molecule has 0 amide bonds. The molecule has 2 fully saturated rings. The van der Waals surface area contributed by atoms with Crippen molar-refractivity contribution >= 4 is 10.0 Å². The van der Waals surface area contributed by atoms with Gasteiger partial charge in [0.15, 0.2) is 0 Å². The molecule has 2 heterocycles. The van der Waals surface area contributed by atoms with Crippen molar-refractivity contribution < 1.29 is 13.2 Å². The average Bonchev–Trinajstić information content (AvgIpc) is 2.29. The average molecular weight is 276 g/mol. The molecule has 2 saturated heterocycles. The number of nitrogens with one attached hydrogen (secondary N) is 2. The van der Waals surface area contributed by atoms with E-state index in [1.54, 1.807) is 0 Å². The molecule has 2 atom stereocenters. The lowest BCUT2D eigenvalue weighted by Crippen LogP contribution is -2.53. The first-order valence-electron chi connectivity index (χ1n) is 6.79. The lowest BCUT2D eigenvalue weighted by molar-refractivity contribution is 0.0386. The molecule has 18 heavy (non-hydrogen) atoms. The minimum atomic E-state index is -3.21. The summed E-state index contributed by atoms with van der Waals surface area (Å²) in [5, 5.41) is 3.25. The van der Waals surface area contributed by atoms with E-state index in [1.165, 1.54) is 0 Å². The highest BCUT2D eigenvalue weighted by Gasteiger charge is 2.33. The van der Waals surface area contributed by atoms with Gasteiger partial charge in [-0.05, 0) is 51.6 Å². The van der Waals surface area contributed by atoms with Crippen LogP contribution in [0.5, 0.6) is 0 Å². The van der Waals surface area contributed by atoms with Gasteiger partial charge < -0.3 is 10.1 Å². The van der Waals surface area contributed by atoms with Crippen LogP contribution in [0.25, 0.3) is 0 Å². The van der Waals surface area contributed by atoms with E-state index in [2.05, 4.69) is 10.0 Å². The van der Waals surface area contributed by atoms with Gasteiger partial charge in [0.1, 0.15) is 0 Å². The number of sulfonamides is 1. The van der Waals surface area contributed by atoms with Gasteiger partial charge in [-0.2, -0.15) is 0 Å². The lowest BCUT2D eigenvalue weighted by atomic mass is 9.97. The zero-order chi connectivity index (χ0) is 13.1. The fourth-order valence-corrected chi connectivity index (χ4v) is 4.71. The van der Waals surface area contributed by atoms with Crippen molar-refractivity contribution in [1.29, 1.82) is 0 Å². The number of rotatable bonds is 4. The van der Waals surface area contributed by atoms with Gasteiger partial charge in [-0.25, -0.2) is 13.1 Å². The van der Waals surface area contributed by atoms with Crippen LogP contribution in [0.2, 0.25) is 0 Å². The minimum absolute atomic E-state index is 0.232. The molecule has 6 heteroatoms. The van der Waals surface area contributed by atoms with E-state index in [9.17, 15) is 8.42 Å². The number of hydrogen-bond donors (Lipinski definition) is 2. The SMILES string of the molecule is CC1(NS(=O)(=O)CC2CCCNC2)CCCOC1. The lowest BCUT2D eigenvalue weighted by Gasteiger charge is -2.34. The monoisotopic (exact) mass is 276 g/mol. The van der Waals surface area contributed by atoms with Crippen LogP contribution < -0.4 is 10.0 Å². The third-order valence-corrected chi connectivity index (χ3v) is 5.41. The van der Waals surface area contributed by atoms with Gasteiger partial charge in [0.2, 0.25) is 10.0 Å². The highest BCUT2D eigenvalue weighted by Crippen LogP contribution is 2.20. The Morgan fingerprint density at radius 2 is 2.28 bits per heavy atom. The Kier molecular flexibility index (Phi) is 4.64. The number of hydrogen-bond acceptors (Lipinski definition) is 4. The van der Waals surface area contributed by atoms with Gasteiger partial charge in [-0.1, -0.05) is 0 Å². The topological polar surface area (TPSA) is 67.4 Å². The fourth-order valence-electron chi connectivity index (χ4n) is 2.81. The smallest absolute Gasteiger partial charge is 0.212 e. The Morgan fingerprint density at radius 1 is 1.44 bits per heavy atom. The molecular formula is C12H24N2O3S. The van der Waals surface area contributed by atoms with E-state index in [1.807, 2.05) is 6.92 Å². The van der Waals surface area contributed by atoms with Gasteiger partial charge in [0, 0.05) is 6.61 Å². The van der Waals surface area contributed by atoms with Crippen LogP contribution in [0, 0.1) is 5.92 Å². The van der Waals surface area contributed by atoms with Crippen molar-refractivity contribution in [2.45, 2.75) is 38.1 Å². The summed E-state index contributed by atoms with van der Waals surface area (Å²) in [7, 11) is -3.21. The molecule has 5 nitrogen and oxygen atoms in total. The zero-order valence-electron chi connectivity index (χ0n) is 11.1. The van der Waals surface area contributed by atoms with Gasteiger partial charge in [0.05, 0.1) is 17.9 Å². The molecule has 0 aromatic heterocycles. The summed E-state index contributed by atoms with van der Waals surface area (Å²) >= 11 is 0. The molecule has 2 rings (SSSR count). The molecule has 2 N–H and O–H groups in total. The quantitative estimate of drug-likeness (QED) is 0.783. The first-order chi connectivity index (χ1) is 8.49. The van der Waals surface area contributed by atoms with Crippen LogP contribution >= 0.6 is 0 Å². The predicted octanol–water partition coefficient (Wildman–Crippen LogP) is 0.475. The Morgan fingerprint density at radius 3 is 2.89 bits per heavy atom. The normalized spacial score (nSPS) is 34.4. The van der Waals surface area contributed by atoms with Gasteiger partial charge >= 0.3 is 0 Å². The summed E-state index contributed by atoms with van der Waals surface area (Å²) < 4.78 is 32.6. The molecule has 2 aliphatic heterocycles. The molecule has 0 spiro atoms. The first-order valence-corrected chi connectivity index (χ1v) is 8.44. The molecule has 0 aromatic rings. The molecule has 0 aliphatic carbocycles. The molecule has 0 aromatic carbocycles. The molecule has 106 valence electrons. The zero-order valence-corrected chi connectivity index (χ0v) is 11.9. The predicted molar refractivity (Wildman–Crippen MR) is 71.0 cm³/mol. The van der Waals surface area contributed by atoms with Crippen LogP contribution in [0.3, 0.4) is 0 Å². The molecule has 2 unspecified atom stereocenters. The summed E-state index contributed by atoms with van der Waals surface area (Å²) in [5.41, 5.74) is -0.417. The number of ether oxygens (including phenoxy) is 1. The molecular weight excluding hydrogens is 252 g/mol. The van der Waals surface area contributed by atoms with Gasteiger partial charge in [-0.15, -0.1) is 0 Å². The highest BCUT2D eigenvalue weighted by atomic mass is 32.2. The van der Waals surface area contributed by atoms with E-state index in [-0.39, 0.29) is 11.7 Å². The second-order valence-corrected chi connectivity index (χ2v) is 7.58. The third kappa shape index (κ3) is 4.19. The second-order valence-electron chi connectivity index (χ2n) is 5.81. The largest absolute Gasteiger partial charge is 0.380 e. The first kappa shape index (κ1) is 14.2. The van der Waals surface area contributed by atoms with Gasteiger partial charge in [0.25, 0.3) is 0 Å². The van der Waals surface area contributed by atoms with Crippen LogP contribution in [0.15, 0.2) is 0 Å². The summed E-state index contributed by atoms with van der Waals surface area (Å²) in [6, 6.07) is 0. The van der Waals surface area contributed by atoms with Crippen molar-refractivity contribution in [3.63, 3.8) is 0 Å². The van der Waals surface area contributed by atoms with Crippen molar-refractivity contribution in [2.75, 3.05) is 32.1 Å².